The molecular formula is C18H20N2O3. The Morgan fingerprint density at radius 3 is 2.78 bits per heavy atom. The highest BCUT2D eigenvalue weighted by atomic mass is 16.5. The number of ether oxygens (including phenoxy) is 2. The summed E-state index contributed by atoms with van der Waals surface area (Å²) in [4.78, 5) is 12.1. The van der Waals surface area contributed by atoms with E-state index in [1.165, 1.54) is 0 Å². The molecule has 1 aliphatic rings. The van der Waals surface area contributed by atoms with Gasteiger partial charge in [-0.3, -0.25) is 0 Å². The third-order valence-electron chi connectivity index (χ3n) is 3.64. The van der Waals surface area contributed by atoms with Gasteiger partial charge in [-0.15, -0.1) is 0 Å². The Morgan fingerprint density at radius 1 is 1.22 bits per heavy atom. The number of para-hydroxylation sites is 1. The summed E-state index contributed by atoms with van der Waals surface area (Å²) in [6.45, 7) is 3.04. The first-order valence-electron chi connectivity index (χ1n) is 7.75. The molecule has 0 saturated heterocycles. The molecule has 1 heterocycles. The second-order valence-corrected chi connectivity index (χ2v) is 5.38. The van der Waals surface area contributed by atoms with E-state index in [-0.39, 0.29) is 12.1 Å². The number of carbonyl (C=O) groups excluding carboxylic acids is 1. The standard InChI is InChI=1S/C18H20N2O3/c1-2-22-16-9-7-14(8-10-16)19-18(21)20-15-11-13-5-3-4-6-17(13)23-12-15/h3-10,15H,2,11-12H2,1H3,(H2,19,20,21)/t15-/m1/s1. The lowest BCUT2D eigenvalue weighted by Crippen LogP contribution is -2.44. The van der Waals surface area contributed by atoms with E-state index < -0.39 is 0 Å². The van der Waals surface area contributed by atoms with Crippen LogP contribution in [-0.4, -0.2) is 25.3 Å². The van der Waals surface area contributed by atoms with Gasteiger partial charge in [-0.1, -0.05) is 18.2 Å². The lowest BCUT2D eigenvalue weighted by Gasteiger charge is -2.26. The number of rotatable bonds is 4. The monoisotopic (exact) mass is 312 g/mol. The molecule has 0 radical (unpaired) electrons. The van der Waals surface area contributed by atoms with Crippen LogP contribution >= 0.6 is 0 Å². The van der Waals surface area contributed by atoms with Crippen molar-refractivity contribution in [2.45, 2.75) is 19.4 Å². The van der Waals surface area contributed by atoms with Crippen LogP contribution in [0.2, 0.25) is 0 Å². The first-order valence-corrected chi connectivity index (χ1v) is 7.75. The van der Waals surface area contributed by atoms with E-state index in [0.29, 0.717) is 13.2 Å². The number of hydrogen-bond donors (Lipinski definition) is 2. The normalized spacial score (nSPS) is 16.0. The maximum Gasteiger partial charge on any atom is 0.319 e. The fourth-order valence-corrected chi connectivity index (χ4v) is 2.57. The summed E-state index contributed by atoms with van der Waals surface area (Å²) in [7, 11) is 0. The van der Waals surface area contributed by atoms with Gasteiger partial charge in [0.05, 0.1) is 12.6 Å². The lowest BCUT2D eigenvalue weighted by atomic mass is 10.0. The van der Waals surface area contributed by atoms with Crippen molar-refractivity contribution in [1.29, 1.82) is 0 Å². The molecule has 2 aromatic carbocycles. The van der Waals surface area contributed by atoms with E-state index in [2.05, 4.69) is 10.6 Å². The Bertz CT molecular complexity index is 670. The number of hydrogen-bond acceptors (Lipinski definition) is 3. The molecular weight excluding hydrogens is 292 g/mol. The third kappa shape index (κ3) is 3.94. The van der Waals surface area contributed by atoms with Crippen molar-refractivity contribution in [2.24, 2.45) is 0 Å². The molecule has 2 amide bonds. The summed E-state index contributed by atoms with van der Waals surface area (Å²) in [5.74, 6) is 1.69. The Balaban J connectivity index is 1.54. The van der Waals surface area contributed by atoms with Crippen molar-refractivity contribution in [1.82, 2.24) is 5.32 Å². The average Bonchev–Trinajstić information content (AvgIpc) is 2.57. The molecule has 0 saturated carbocycles. The lowest BCUT2D eigenvalue weighted by molar-refractivity contribution is 0.222. The van der Waals surface area contributed by atoms with Crippen LogP contribution < -0.4 is 20.1 Å². The van der Waals surface area contributed by atoms with Gasteiger partial charge in [0.1, 0.15) is 18.1 Å². The molecule has 23 heavy (non-hydrogen) atoms. The van der Waals surface area contributed by atoms with Crippen LogP contribution in [0.25, 0.3) is 0 Å². The average molecular weight is 312 g/mol. The topological polar surface area (TPSA) is 59.6 Å². The summed E-state index contributed by atoms with van der Waals surface area (Å²) in [5.41, 5.74) is 1.84. The Hall–Kier alpha value is -2.69. The highest BCUT2D eigenvalue weighted by Gasteiger charge is 2.20. The van der Waals surface area contributed by atoms with Crippen LogP contribution in [0.5, 0.6) is 11.5 Å². The summed E-state index contributed by atoms with van der Waals surface area (Å²) >= 11 is 0. The Kier molecular flexibility index (Phi) is 4.66. The van der Waals surface area contributed by atoms with Gasteiger partial charge in [0, 0.05) is 5.69 Å². The van der Waals surface area contributed by atoms with Crippen LogP contribution in [-0.2, 0) is 6.42 Å². The molecule has 120 valence electrons. The number of benzene rings is 2. The minimum Gasteiger partial charge on any atom is -0.494 e. The zero-order chi connectivity index (χ0) is 16.1. The van der Waals surface area contributed by atoms with E-state index >= 15 is 0 Å². The van der Waals surface area contributed by atoms with Gasteiger partial charge in [0.15, 0.2) is 0 Å². The second-order valence-electron chi connectivity index (χ2n) is 5.38. The van der Waals surface area contributed by atoms with Crippen molar-refractivity contribution in [3.05, 3.63) is 54.1 Å². The van der Waals surface area contributed by atoms with Gasteiger partial charge < -0.3 is 20.1 Å². The molecule has 0 aliphatic carbocycles. The minimum atomic E-state index is -0.234. The molecule has 0 bridgehead atoms. The van der Waals surface area contributed by atoms with Crippen LogP contribution in [0, 0.1) is 0 Å². The zero-order valence-corrected chi connectivity index (χ0v) is 13.0. The van der Waals surface area contributed by atoms with Crippen molar-refractivity contribution >= 4 is 11.7 Å². The van der Waals surface area contributed by atoms with Gasteiger partial charge in [-0.25, -0.2) is 4.79 Å². The fourth-order valence-electron chi connectivity index (χ4n) is 2.57. The van der Waals surface area contributed by atoms with E-state index in [1.807, 2.05) is 55.5 Å². The number of amides is 2. The molecule has 5 heteroatoms. The summed E-state index contributed by atoms with van der Waals surface area (Å²) in [6.07, 6.45) is 0.771. The molecule has 0 spiro atoms. The van der Waals surface area contributed by atoms with E-state index in [4.69, 9.17) is 9.47 Å². The third-order valence-corrected chi connectivity index (χ3v) is 3.64. The van der Waals surface area contributed by atoms with Gasteiger partial charge in [-0.2, -0.15) is 0 Å². The predicted octanol–water partition coefficient (Wildman–Crippen LogP) is 3.21. The largest absolute Gasteiger partial charge is 0.494 e. The quantitative estimate of drug-likeness (QED) is 0.911. The first-order chi connectivity index (χ1) is 11.2. The van der Waals surface area contributed by atoms with Crippen LogP contribution in [0.1, 0.15) is 12.5 Å². The van der Waals surface area contributed by atoms with Crippen LogP contribution in [0.15, 0.2) is 48.5 Å². The van der Waals surface area contributed by atoms with Crippen molar-refractivity contribution in [3.8, 4) is 11.5 Å². The van der Waals surface area contributed by atoms with Crippen molar-refractivity contribution < 1.29 is 14.3 Å². The van der Waals surface area contributed by atoms with Gasteiger partial charge in [0.25, 0.3) is 0 Å². The predicted molar refractivity (Wildman–Crippen MR) is 89.2 cm³/mol. The maximum absolute atomic E-state index is 12.1. The highest BCUT2D eigenvalue weighted by Crippen LogP contribution is 2.24. The number of nitrogens with one attached hydrogen (secondary N) is 2. The number of fused-ring (bicyclic) bond motifs is 1. The van der Waals surface area contributed by atoms with Crippen molar-refractivity contribution in [3.63, 3.8) is 0 Å². The molecule has 1 atom stereocenters. The molecule has 3 rings (SSSR count). The summed E-state index contributed by atoms with van der Waals surface area (Å²) in [5, 5.41) is 5.76. The molecule has 2 N–H and O–H groups in total. The second kappa shape index (κ2) is 7.05. The summed E-state index contributed by atoms with van der Waals surface area (Å²) < 4.78 is 11.0. The van der Waals surface area contributed by atoms with Crippen molar-refractivity contribution in [2.75, 3.05) is 18.5 Å². The van der Waals surface area contributed by atoms with E-state index in [0.717, 1.165) is 29.2 Å². The smallest absolute Gasteiger partial charge is 0.319 e. The highest BCUT2D eigenvalue weighted by molar-refractivity contribution is 5.89. The molecule has 0 aromatic heterocycles. The number of anilines is 1. The van der Waals surface area contributed by atoms with E-state index in [9.17, 15) is 4.79 Å². The zero-order valence-electron chi connectivity index (χ0n) is 13.0. The van der Waals surface area contributed by atoms with Crippen LogP contribution in [0.3, 0.4) is 0 Å². The molecule has 2 aromatic rings. The first kappa shape index (κ1) is 15.2. The minimum absolute atomic E-state index is 0.0346. The SMILES string of the molecule is CCOc1ccc(NC(=O)N[C@H]2COc3ccccc3C2)cc1. The van der Waals surface area contributed by atoms with Gasteiger partial charge >= 0.3 is 6.03 Å². The fraction of sp³-hybridized carbons (Fsp3) is 0.278. The maximum atomic E-state index is 12.1. The summed E-state index contributed by atoms with van der Waals surface area (Å²) in [6, 6.07) is 14.9. The molecule has 0 unspecified atom stereocenters. The number of carbonyl (C=O) groups is 1. The van der Waals surface area contributed by atoms with Crippen LogP contribution in [0.4, 0.5) is 10.5 Å². The van der Waals surface area contributed by atoms with Gasteiger partial charge in [-0.05, 0) is 49.2 Å². The Labute approximate surface area is 135 Å². The molecule has 5 nitrogen and oxygen atoms in total. The molecule has 0 fully saturated rings. The number of urea groups is 1. The molecule has 1 aliphatic heterocycles. The van der Waals surface area contributed by atoms with E-state index in [1.54, 1.807) is 0 Å². The Morgan fingerprint density at radius 2 is 2.00 bits per heavy atom. The van der Waals surface area contributed by atoms with Gasteiger partial charge in [0.2, 0.25) is 0 Å².